The third-order valence-electron chi connectivity index (χ3n) is 2.81. The van der Waals surface area contributed by atoms with Crippen LogP contribution >= 0.6 is 0 Å². The van der Waals surface area contributed by atoms with Gasteiger partial charge in [0.2, 0.25) is 0 Å². The van der Waals surface area contributed by atoms with E-state index in [9.17, 15) is 0 Å². The van der Waals surface area contributed by atoms with Gasteiger partial charge in [0.05, 0.1) is 0 Å². The Morgan fingerprint density at radius 3 is 2.69 bits per heavy atom. The van der Waals surface area contributed by atoms with E-state index in [4.69, 9.17) is 5.73 Å². The fourth-order valence-corrected chi connectivity index (χ4v) is 2.00. The minimum atomic E-state index is 0.346. The van der Waals surface area contributed by atoms with E-state index in [2.05, 4.69) is 31.1 Å². The van der Waals surface area contributed by atoms with Crippen LogP contribution in [-0.2, 0) is 0 Å². The van der Waals surface area contributed by atoms with Crippen LogP contribution in [0.4, 0.5) is 5.82 Å². The summed E-state index contributed by atoms with van der Waals surface area (Å²) in [5, 5.41) is 3.55. The SMILES string of the molecule is CCCNC(CCC)c1c(C)ccnc1N. The molecule has 0 aliphatic heterocycles. The lowest BCUT2D eigenvalue weighted by molar-refractivity contribution is 0.492. The fraction of sp³-hybridized carbons (Fsp3) is 0.615. The molecule has 16 heavy (non-hydrogen) atoms. The van der Waals surface area contributed by atoms with E-state index in [-0.39, 0.29) is 0 Å². The van der Waals surface area contributed by atoms with Crippen LogP contribution in [0.15, 0.2) is 12.3 Å². The number of nitrogens with zero attached hydrogens (tertiary/aromatic N) is 1. The van der Waals surface area contributed by atoms with Crippen LogP contribution in [-0.4, -0.2) is 11.5 Å². The topological polar surface area (TPSA) is 50.9 Å². The maximum atomic E-state index is 5.97. The highest BCUT2D eigenvalue weighted by Crippen LogP contribution is 2.25. The van der Waals surface area contributed by atoms with Gasteiger partial charge in [-0.05, 0) is 37.9 Å². The lowest BCUT2D eigenvalue weighted by Gasteiger charge is -2.21. The molecule has 1 rings (SSSR count). The van der Waals surface area contributed by atoms with Crippen LogP contribution in [0.2, 0.25) is 0 Å². The molecule has 90 valence electrons. The molecule has 0 spiro atoms. The van der Waals surface area contributed by atoms with Gasteiger partial charge in [0, 0.05) is 17.8 Å². The highest BCUT2D eigenvalue weighted by molar-refractivity contribution is 5.46. The van der Waals surface area contributed by atoms with Gasteiger partial charge in [-0.2, -0.15) is 0 Å². The maximum absolute atomic E-state index is 5.97. The Hall–Kier alpha value is -1.09. The number of hydrogen-bond acceptors (Lipinski definition) is 3. The van der Waals surface area contributed by atoms with Gasteiger partial charge in [-0.3, -0.25) is 0 Å². The van der Waals surface area contributed by atoms with Crippen molar-refractivity contribution in [1.82, 2.24) is 10.3 Å². The first-order valence-corrected chi connectivity index (χ1v) is 6.15. The summed E-state index contributed by atoms with van der Waals surface area (Å²) < 4.78 is 0. The molecule has 1 aromatic heterocycles. The van der Waals surface area contributed by atoms with Gasteiger partial charge in [0.15, 0.2) is 0 Å². The zero-order valence-corrected chi connectivity index (χ0v) is 10.6. The predicted octanol–water partition coefficient (Wildman–Crippen LogP) is 2.81. The second kappa shape index (κ2) is 6.48. The van der Waals surface area contributed by atoms with Crippen molar-refractivity contribution in [2.24, 2.45) is 0 Å². The van der Waals surface area contributed by atoms with E-state index in [0.717, 1.165) is 25.8 Å². The Balaban J connectivity index is 2.90. The summed E-state index contributed by atoms with van der Waals surface area (Å²) in [5.41, 5.74) is 8.38. The summed E-state index contributed by atoms with van der Waals surface area (Å²) in [7, 11) is 0. The van der Waals surface area contributed by atoms with Crippen LogP contribution in [0.25, 0.3) is 0 Å². The molecular formula is C13H23N3. The van der Waals surface area contributed by atoms with Gasteiger partial charge in [-0.1, -0.05) is 20.3 Å². The molecule has 3 N–H and O–H groups in total. The summed E-state index contributed by atoms with van der Waals surface area (Å²) in [4.78, 5) is 4.19. The van der Waals surface area contributed by atoms with Crippen LogP contribution < -0.4 is 11.1 Å². The molecule has 0 aromatic carbocycles. The van der Waals surface area contributed by atoms with E-state index in [1.54, 1.807) is 6.20 Å². The third-order valence-corrected chi connectivity index (χ3v) is 2.81. The van der Waals surface area contributed by atoms with Gasteiger partial charge in [-0.15, -0.1) is 0 Å². The predicted molar refractivity (Wildman–Crippen MR) is 69.3 cm³/mol. The van der Waals surface area contributed by atoms with Crippen molar-refractivity contribution in [2.45, 2.75) is 46.1 Å². The molecule has 0 saturated carbocycles. The van der Waals surface area contributed by atoms with Crippen LogP contribution in [0, 0.1) is 6.92 Å². The Morgan fingerprint density at radius 2 is 2.12 bits per heavy atom. The number of rotatable bonds is 6. The molecule has 1 unspecified atom stereocenters. The van der Waals surface area contributed by atoms with Crippen molar-refractivity contribution in [2.75, 3.05) is 12.3 Å². The van der Waals surface area contributed by atoms with E-state index >= 15 is 0 Å². The van der Waals surface area contributed by atoms with E-state index in [1.165, 1.54) is 11.1 Å². The Kier molecular flexibility index (Phi) is 5.26. The summed E-state index contributed by atoms with van der Waals surface area (Å²) >= 11 is 0. The number of nitrogen functional groups attached to an aromatic ring is 1. The first-order valence-electron chi connectivity index (χ1n) is 6.15. The molecular weight excluding hydrogens is 198 g/mol. The summed E-state index contributed by atoms with van der Waals surface area (Å²) in [5.74, 6) is 0.669. The van der Waals surface area contributed by atoms with Crippen molar-refractivity contribution >= 4 is 5.82 Å². The van der Waals surface area contributed by atoms with Gasteiger partial charge in [0.25, 0.3) is 0 Å². The van der Waals surface area contributed by atoms with Gasteiger partial charge in [-0.25, -0.2) is 4.98 Å². The minimum Gasteiger partial charge on any atom is -0.383 e. The largest absolute Gasteiger partial charge is 0.383 e. The quantitative estimate of drug-likeness (QED) is 0.776. The lowest BCUT2D eigenvalue weighted by atomic mass is 9.98. The maximum Gasteiger partial charge on any atom is 0.128 e. The van der Waals surface area contributed by atoms with E-state index in [0.29, 0.717) is 11.9 Å². The first kappa shape index (κ1) is 13.0. The zero-order valence-electron chi connectivity index (χ0n) is 10.6. The number of hydrogen-bond donors (Lipinski definition) is 2. The number of nitrogens with one attached hydrogen (secondary N) is 1. The van der Waals surface area contributed by atoms with Crippen molar-refractivity contribution in [3.05, 3.63) is 23.4 Å². The van der Waals surface area contributed by atoms with Crippen LogP contribution in [0.3, 0.4) is 0 Å². The highest BCUT2D eigenvalue weighted by atomic mass is 14.9. The number of aryl methyl sites for hydroxylation is 1. The molecule has 0 radical (unpaired) electrons. The molecule has 0 saturated heterocycles. The van der Waals surface area contributed by atoms with Crippen LogP contribution in [0.1, 0.15) is 50.3 Å². The fourth-order valence-electron chi connectivity index (χ4n) is 2.00. The van der Waals surface area contributed by atoms with Gasteiger partial charge in [0.1, 0.15) is 5.82 Å². The summed E-state index contributed by atoms with van der Waals surface area (Å²) in [6.07, 6.45) is 5.17. The van der Waals surface area contributed by atoms with Gasteiger partial charge < -0.3 is 11.1 Å². The molecule has 3 nitrogen and oxygen atoms in total. The molecule has 1 heterocycles. The number of anilines is 1. The van der Waals surface area contributed by atoms with Crippen molar-refractivity contribution in [3.8, 4) is 0 Å². The lowest BCUT2D eigenvalue weighted by Crippen LogP contribution is -2.24. The minimum absolute atomic E-state index is 0.346. The molecule has 1 aromatic rings. The normalized spacial score (nSPS) is 12.7. The van der Waals surface area contributed by atoms with Crippen molar-refractivity contribution in [1.29, 1.82) is 0 Å². The second-order valence-electron chi connectivity index (χ2n) is 4.22. The van der Waals surface area contributed by atoms with E-state index < -0.39 is 0 Å². The van der Waals surface area contributed by atoms with Crippen molar-refractivity contribution < 1.29 is 0 Å². The highest BCUT2D eigenvalue weighted by Gasteiger charge is 2.15. The molecule has 0 fully saturated rings. The monoisotopic (exact) mass is 221 g/mol. The molecule has 0 aliphatic carbocycles. The first-order chi connectivity index (χ1) is 7.70. The standard InChI is InChI=1S/C13H23N3/c1-4-6-11(15-8-5-2)12-10(3)7-9-16-13(12)14/h7,9,11,15H,4-6,8H2,1-3H3,(H2,14,16). The molecule has 0 amide bonds. The van der Waals surface area contributed by atoms with Crippen molar-refractivity contribution in [3.63, 3.8) is 0 Å². The second-order valence-corrected chi connectivity index (χ2v) is 4.22. The molecule has 0 aliphatic rings. The summed E-state index contributed by atoms with van der Waals surface area (Å²) in [6, 6.07) is 2.38. The number of nitrogens with two attached hydrogens (primary N) is 1. The smallest absolute Gasteiger partial charge is 0.128 e. The van der Waals surface area contributed by atoms with Gasteiger partial charge >= 0.3 is 0 Å². The zero-order chi connectivity index (χ0) is 12.0. The third kappa shape index (κ3) is 3.20. The molecule has 3 heteroatoms. The summed E-state index contributed by atoms with van der Waals surface area (Å²) in [6.45, 7) is 7.50. The Bertz CT molecular complexity index is 303. The van der Waals surface area contributed by atoms with Crippen LogP contribution in [0.5, 0.6) is 0 Å². The molecule has 1 atom stereocenters. The Morgan fingerprint density at radius 1 is 1.38 bits per heavy atom. The molecule has 0 bridgehead atoms. The average molecular weight is 221 g/mol. The Labute approximate surface area is 98.5 Å². The number of pyridine rings is 1. The average Bonchev–Trinajstić information content (AvgIpc) is 2.25. The van der Waals surface area contributed by atoms with E-state index in [1.807, 2.05) is 6.07 Å². The number of aromatic nitrogens is 1.